The van der Waals surface area contributed by atoms with Crippen LogP contribution >= 0.6 is 0 Å². The number of anilines is 3. The van der Waals surface area contributed by atoms with Crippen LogP contribution in [0.15, 0.2) is 72.8 Å². The van der Waals surface area contributed by atoms with Crippen LogP contribution in [0.2, 0.25) is 0 Å². The second-order valence-corrected chi connectivity index (χ2v) is 7.14. The lowest BCUT2D eigenvalue weighted by atomic mass is 10.1. The molecule has 172 valence electrons. The molecule has 0 aliphatic carbocycles. The third kappa shape index (κ3) is 7.27. The summed E-state index contributed by atoms with van der Waals surface area (Å²) in [5.74, 6) is -0.393. The summed E-state index contributed by atoms with van der Waals surface area (Å²) in [5, 5.41) is 7.42. The van der Waals surface area contributed by atoms with Gasteiger partial charge in [-0.15, -0.1) is 0 Å². The van der Waals surface area contributed by atoms with Gasteiger partial charge in [0, 0.05) is 24.0 Å². The van der Waals surface area contributed by atoms with E-state index in [0.29, 0.717) is 18.0 Å². The molecule has 3 aromatic rings. The van der Waals surface area contributed by atoms with Crippen molar-refractivity contribution in [3.8, 4) is 5.75 Å². The Morgan fingerprint density at radius 3 is 2.18 bits per heavy atom. The Kier molecular flexibility index (Phi) is 7.55. The van der Waals surface area contributed by atoms with E-state index in [1.54, 1.807) is 24.3 Å². The minimum atomic E-state index is -4.66. The Morgan fingerprint density at radius 1 is 0.879 bits per heavy atom. The van der Waals surface area contributed by atoms with Gasteiger partial charge in [0.1, 0.15) is 12.4 Å². The zero-order valence-electron chi connectivity index (χ0n) is 17.7. The third-order valence-electron chi connectivity index (χ3n) is 4.47. The average Bonchev–Trinajstić information content (AvgIpc) is 2.77. The van der Waals surface area contributed by atoms with E-state index in [9.17, 15) is 22.8 Å². The molecule has 0 atom stereocenters. The van der Waals surface area contributed by atoms with Gasteiger partial charge in [-0.3, -0.25) is 9.59 Å². The van der Waals surface area contributed by atoms with E-state index in [1.807, 2.05) is 30.3 Å². The number of halogens is 3. The number of amides is 2. The molecule has 3 N–H and O–H groups in total. The molecule has 0 spiro atoms. The largest absolute Gasteiger partial charge is 0.489 e. The molecule has 3 aromatic carbocycles. The van der Waals surface area contributed by atoms with Crippen molar-refractivity contribution in [2.75, 3.05) is 22.5 Å². The van der Waals surface area contributed by atoms with Crippen molar-refractivity contribution in [1.29, 1.82) is 0 Å². The maximum Gasteiger partial charge on any atom is 0.418 e. The van der Waals surface area contributed by atoms with Gasteiger partial charge in [-0.25, -0.2) is 0 Å². The first kappa shape index (κ1) is 23.6. The van der Waals surface area contributed by atoms with Gasteiger partial charge in [-0.2, -0.15) is 13.2 Å². The number of hydrogen-bond acceptors (Lipinski definition) is 4. The van der Waals surface area contributed by atoms with Crippen LogP contribution in [0.1, 0.15) is 18.1 Å². The maximum atomic E-state index is 13.4. The lowest BCUT2D eigenvalue weighted by Crippen LogP contribution is -2.23. The first-order chi connectivity index (χ1) is 15.7. The molecule has 3 rings (SSSR count). The van der Waals surface area contributed by atoms with Crippen LogP contribution in [0.4, 0.5) is 30.2 Å². The summed E-state index contributed by atoms with van der Waals surface area (Å²) in [7, 11) is 0. The zero-order valence-corrected chi connectivity index (χ0v) is 17.7. The minimum absolute atomic E-state index is 0.0133. The molecule has 0 heterocycles. The van der Waals surface area contributed by atoms with Gasteiger partial charge in [0.05, 0.1) is 12.1 Å². The topological polar surface area (TPSA) is 79.5 Å². The Hall–Kier alpha value is -4.01. The molecule has 6 nitrogen and oxygen atoms in total. The Labute approximate surface area is 188 Å². The van der Waals surface area contributed by atoms with Gasteiger partial charge < -0.3 is 20.7 Å². The summed E-state index contributed by atoms with van der Waals surface area (Å²) in [4.78, 5) is 23.3. The average molecular weight is 457 g/mol. The predicted molar refractivity (Wildman–Crippen MR) is 120 cm³/mol. The van der Waals surface area contributed by atoms with Gasteiger partial charge in [0.15, 0.2) is 0 Å². The fraction of sp³-hybridized carbons (Fsp3) is 0.167. The standard InChI is InChI=1S/C24H22F3N3O3/c1-16(31)29-19-9-12-22(21(13-19)24(25,26)27)28-14-23(32)30-18-7-10-20(11-8-18)33-15-17-5-3-2-4-6-17/h2-13,28H,14-15H2,1H3,(H,29,31)(H,30,32). The van der Waals surface area contributed by atoms with Crippen molar-refractivity contribution in [2.45, 2.75) is 19.7 Å². The fourth-order valence-corrected chi connectivity index (χ4v) is 2.97. The number of alkyl halides is 3. The summed E-state index contributed by atoms with van der Waals surface area (Å²) >= 11 is 0. The first-order valence-corrected chi connectivity index (χ1v) is 10.00. The molecule has 0 radical (unpaired) electrons. The van der Waals surface area contributed by atoms with E-state index in [0.717, 1.165) is 11.6 Å². The summed E-state index contributed by atoms with van der Waals surface area (Å²) in [6.07, 6.45) is -4.66. The van der Waals surface area contributed by atoms with E-state index >= 15 is 0 Å². The number of ether oxygens (including phenoxy) is 1. The van der Waals surface area contributed by atoms with Crippen molar-refractivity contribution < 1.29 is 27.5 Å². The smallest absolute Gasteiger partial charge is 0.418 e. The van der Waals surface area contributed by atoms with Gasteiger partial charge in [-0.1, -0.05) is 30.3 Å². The van der Waals surface area contributed by atoms with E-state index in [-0.39, 0.29) is 17.9 Å². The number of nitrogens with one attached hydrogen (secondary N) is 3. The van der Waals surface area contributed by atoms with Gasteiger partial charge in [-0.05, 0) is 48.0 Å². The van der Waals surface area contributed by atoms with Crippen LogP contribution in [-0.2, 0) is 22.4 Å². The summed E-state index contributed by atoms with van der Waals surface area (Å²) in [6, 6.07) is 19.6. The van der Waals surface area contributed by atoms with Crippen molar-refractivity contribution in [3.63, 3.8) is 0 Å². The van der Waals surface area contributed by atoms with Crippen LogP contribution in [0.25, 0.3) is 0 Å². The molecule has 0 saturated heterocycles. The van der Waals surface area contributed by atoms with Gasteiger partial charge >= 0.3 is 6.18 Å². The zero-order chi connectivity index (χ0) is 23.8. The molecular weight excluding hydrogens is 435 g/mol. The Morgan fingerprint density at radius 2 is 1.55 bits per heavy atom. The molecule has 0 aromatic heterocycles. The van der Waals surface area contributed by atoms with E-state index in [4.69, 9.17) is 4.74 Å². The number of carbonyl (C=O) groups is 2. The molecule has 0 fully saturated rings. The van der Waals surface area contributed by atoms with Gasteiger partial charge in [0.25, 0.3) is 0 Å². The molecule has 0 bridgehead atoms. The van der Waals surface area contributed by atoms with Crippen molar-refractivity contribution in [1.82, 2.24) is 0 Å². The van der Waals surface area contributed by atoms with E-state index in [2.05, 4.69) is 16.0 Å². The second kappa shape index (κ2) is 10.5. The van der Waals surface area contributed by atoms with Crippen LogP contribution in [0.5, 0.6) is 5.75 Å². The quantitative estimate of drug-likeness (QED) is 0.429. The summed E-state index contributed by atoms with van der Waals surface area (Å²) in [6.45, 7) is 1.22. The number of benzene rings is 3. The molecule has 0 saturated carbocycles. The lowest BCUT2D eigenvalue weighted by molar-refractivity contribution is -0.137. The minimum Gasteiger partial charge on any atom is -0.489 e. The van der Waals surface area contributed by atoms with Gasteiger partial charge in [0.2, 0.25) is 11.8 Å². The van der Waals surface area contributed by atoms with E-state index < -0.39 is 23.6 Å². The first-order valence-electron chi connectivity index (χ1n) is 10.00. The second-order valence-electron chi connectivity index (χ2n) is 7.14. The highest BCUT2D eigenvalue weighted by Gasteiger charge is 2.34. The maximum absolute atomic E-state index is 13.4. The molecule has 0 aliphatic rings. The SMILES string of the molecule is CC(=O)Nc1ccc(NCC(=O)Nc2ccc(OCc3ccccc3)cc2)c(C(F)(F)F)c1. The highest BCUT2D eigenvalue weighted by Crippen LogP contribution is 2.36. The Balaban J connectivity index is 1.56. The van der Waals surface area contributed by atoms with Crippen LogP contribution in [0, 0.1) is 0 Å². The number of rotatable bonds is 8. The third-order valence-corrected chi connectivity index (χ3v) is 4.47. The van der Waals surface area contributed by atoms with Crippen molar-refractivity contribution >= 4 is 28.9 Å². The summed E-state index contributed by atoms with van der Waals surface area (Å²) in [5.41, 5.74) is 0.257. The molecule has 0 aliphatic heterocycles. The Bertz CT molecular complexity index is 1100. The molecule has 0 unspecified atom stereocenters. The molecule has 2 amide bonds. The molecule has 9 heteroatoms. The normalized spacial score (nSPS) is 10.9. The van der Waals surface area contributed by atoms with Crippen molar-refractivity contribution in [2.24, 2.45) is 0 Å². The number of carbonyl (C=O) groups excluding carboxylic acids is 2. The lowest BCUT2D eigenvalue weighted by Gasteiger charge is -2.16. The van der Waals surface area contributed by atoms with Crippen LogP contribution in [-0.4, -0.2) is 18.4 Å². The summed E-state index contributed by atoms with van der Waals surface area (Å²) < 4.78 is 45.8. The van der Waals surface area contributed by atoms with Crippen LogP contribution in [0.3, 0.4) is 0 Å². The fourth-order valence-electron chi connectivity index (χ4n) is 2.97. The monoisotopic (exact) mass is 457 g/mol. The highest BCUT2D eigenvalue weighted by molar-refractivity contribution is 5.94. The predicted octanol–water partition coefficient (Wildman–Crippen LogP) is 5.29. The van der Waals surface area contributed by atoms with Crippen molar-refractivity contribution in [3.05, 3.63) is 83.9 Å². The highest BCUT2D eigenvalue weighted by atomic mass is 19.4. The van der Waals surface area contributed by atoms with E-state index in [1.165, 1.54) is 19.1 Å². The van der Waals surface area contributed by atoms with Crippen LogP contribution < -0.4 is 20.7 Å². The number of hydrogen-bond donors (Lipinski definition) is 3. The molecular formula is C24H22F3N3O3. The molecule has 33 heavy (non-hydrogen) atoms.